The highest BCUT2D eigenvalue weighted by Gasteiger charge is 2.33. The lowest BCUT2D eigenvalue weighted by Crippen LogP contribution is -2.30. The highest BCUT2D eigenvalue weighted by Crippen LogP contribution is 2.28. The Kier molecular flexibility index (Phi) is 5.96. The topological polar surface area (TPSA) is 128 Å². The monoisotopic (exact) mass is 442 g/mol. The maximum absolute atomic E-state index is 13.0. The van der Waals surface area contributed by atoms with Crippen LogP contribution in [0.1, 0.15) is 30.3 Å². The first-order chi connectivity index (χ1) is 13.7. The minimum atomic E-state index is -4.30. The summed E-state index contributed by atoms with van der Waals surface area (Å²) in [4.78, 5) is 15.1. The second-order valence-corrected chi connectivity index (χ2v) is 9.97. The summed E-state index contributed by atoms with van der Waals surface area (Å²) < 4.78 is 61.5. The van der Waals surface area contributed by atoms with Gasteiger partial charge in [-0.15, -0.1) is 0 Å². The van der Waals surface area contributed by atoms with Crippen molar-refractivity contribution in [3.63, 3.8) is 0 Å². The number of anilines is 1. The van der Waals surface area contributed by atoms with Crippen molar-refractivity contribution in [3.8, 4) is 0 Å². The summed E-state index contributed by atoms with van der Waals surface area (Å²) in [6, 6.07) is 5.41. The Morgan fingerprint density at radius 3 is 2.38 bits per heavy atom. The molecule has 0 unspecified atom stereocenters. The third-order valence-electron chi connectivity index (χ3n) is 4.52. The second kappa shape index (κ2) is 8.13. The summed E-state index contributed by atoms with van der Waals surface area (Å²) in [5, 5.41) is 0. The summed E-state index contributed by atoms with van der Waals surface area (Å²) in [6.07, 6.45) is 2.65. The molecular formula is C17H22N4O6S2. The molecule has 1 aliphatic rings. The molecule has 1 aromatic carbocycles. The number of benzene rings is 1. The van der Waals surface area contributed by atoms with Crippen molar-refractivity contribution in [1.82, 2.24) is 13.9 Å². The van der Waals surface area contributed by atoms with E-state index in [1.165, 1.54) is 46.4 Å². The van der Waals surface area contributed by atoms with Crippen molar-refractivity contribution < 1.29 is 26.4 Å². The fraction of sp³-hybridized carbons (Fsp3) is 0.412. The molecule has 2 aromatic rings. The number of carbonyl (C=O) groups is 1. The predicted molar refractivity (Wildman–Crippen MR) is 104 cm³/mol. The normalized spacial score (nSPS) is 15.4. The summed E-state index contributed by atoms with van der Waals surface area (Å²) >= 11 is 0. The number of imidazole rings is 1. The number of sulfonamides is 2. The Morgan fingerprint density at radius 1 is 1.14 bits per heavy atom. The fourth-order valence-electron chi connectivity index (χ4n) is 3.03. The number of rotatable bonds is 7. The van der Waals surface area contributed by atoms with Crippen LogP contribution >= 0.6 is 0 Å². The molecule has 2 heterocycles. The minimum absolute atomic E-state index is 0.0579. The molecule has 158 valence electrons. The first kappa shape index (κ1) is 21.3. The number of ether oxygens (including phenoxy) is 1. The van der Waals surface area contributed by atoms with E-state index in [9.17, 15) is 21.6 Å². The van der Waals surface area contributed by atoms with Crippen molar-refractivity contribution in [2.45, 2.75) is 29.6 Å². The Hall–Kier alpha value is -2.44. The van der Waals surface area contributed by atoms with E-state index in [-0.39, 0.29) is 28.0 Å². The summed E-state index contributed by atoms with van der Waals surface area (Å²) in [6.45, 7) is 2.52. The molecular weight excluding hydrogens is 420 g/mol. The van der Waals surface area contributed by atoms with Crippen molar-refractivity contribution in [1.29, 1.82) is 0 Å². The molecule has 1 aliphatic heterocycles. The predicted octanol–water partition coefficient (Wildman–Crippen LogP) is 1.18. The van der Waals surface area contributed by atoms with Crippen LogP contribution in [0.15, 0.2) is 40.3 Å². The van der Waals surface area contributed by atoms with Crippen LogP contribution in [0.4, 0.5) is 5.95 Å². The van der Waals surface area contributed by atoms with Gasteiger partial charge in [0.05, 0.1) is 12.8 Å². The van der Waals surface area contributed by atoms with E-state index < -0.39 is 26.0 Å². The zero-order chi connectivity index (χ0) is 21.2. The summed E-state index contributed by atoms with van der Waals surface area (Å²) in [7, 11) is -6.80. The van der Waals surface area contributed by atoms with Gasteiger partial charge < -0.3 is 9.30 Å². The van der Waals surface area contributed by atoms with Crippen LogP contribution in [-0.2, 0) is 31.8 Å². The van der Waals surface area contributed by atoms with Crippen molar-refractivity contribution in [2.24, 2.45) is 7.05 Å². The van der Waals surface area contributed by atoms with Crippen molar-refractivity contribution >= 4 is 32.0 Å². The van der Waals surface area contributed by atoms with E-state index in [0.717, 1.165) is 12.8 Å². The van der Waals surface area contributed by atoms with Gasteiger partial charge in [0.2, 0.25) is 16.0 Å². The van der Waals surface area contributed by atoms with Crippen LogP contribution in [0.3, 0.4) is 0 Å². The van der Waals surface area contributed by atoms with Crippen LogP contribution in [0.2, 0.25) is 0 Å². The molecule has 0 spiro atoms. The van der Waals surface area contributed by atoms with Gasteiger partial charge in [0.15, 0.2) is 0 Å². The van der Waals surface area contributed by atoms with Crippen molar-refractivity contribution in [2.75, 3.05) is 24.4 Å². The molecule has 1 saturated heterocycles. The minimum Gasteiger partial charge on any atom is -0.461 e. The molecule has 1 N–H and O–H groups in total. The smallest absolute Gasteiger partial charge is 0.356 e. The van der Waals surface area contributed by atoms with Gasteiger partial charge in [-0.2, -0.15) is 4.31 Å². The number of aromatic nitrogens is 2. The van der Waals surface area contributed by atoms with Crippen LogP contribution in [0.5, 0.6) is 0 Å². The number of esters is 1. The van der Waals surface area contributed by atoms with Gasteiger partial charge in [-0.05, 0) is 31.9 Å². The van der Waals surface area contributed by atoms with E-state index >= 15 is 0 Å². The molecule has 0 saturated carbocycles. The van der Waals surface area contributed by atoms with Crippen molar-refractivity contribution in [3.05, 3.63) is 36.2 Å². The standard InChI is InChI=1S/C17H22N4O6S2/c1-3-27-16(22)13-12-18-17(20(13)2)19-28(23,24)14-8-4-5-9-15(14)29(25,26)21-10-6-7-11-21/h4-5,8-9,12H,3,6-7,10-11H2,1-2H3,(H,18,19). The molecule has 0 atom stereocenters. The van der Waals surface area contributed by atoms with Crippen LogP contribution < -0.4 is 4.72 Å². The van der Waals surface area contributed by atoms with Crippen LogP contribution in [-0.4, -0.2) is 56.4 Å². The Labute approximate surface area is 169 Å². The molecule has 10 nitrogen and oxygen atoms in total. The highest BCUT2D eigenvalue weighted by atomic mass is 32.2. The van der Waals surface area contributed by atoms with Gasteiger partial charge in [-0.3, -0.25) is 0 Å². The van der Waals surface area contributed by atoms with E-state index in [0.29, 0.717) is 13.1 Å². The van der Waals surface area contributed by atoms with Crippen LogP contribution in [0.25, 0.3) is 0 Å². The number of nitrogens with one attached hydrogen (secondary N) is 1. The number of carbonyl (C=O) groups excluding carboxylic acids is 1. The average Bonchev–Trinajstić information content (AvgIpc) is 3.33. The lowest BCUT2D eigenvalue weighted by molar-refractivity contribution is 0.0515. The van der Waals surface area contributed by atoms with E-state index in [4.69, 9.17) is 4.74 Å². The lowest BCUT2D eigenvalue weighted by Gasteiger charge is -2.18. The second-order valence-electron chi connectivity index (χ2n) is 6.41. The maximum atomic E-state index is 13.0. The third-order valence-corrected chi connectivity index (χ3v) is 7.99. The number of hydrogen-bond donors (Lipinski definition) is 1. The van der Waals surface area contributed by atoms with Gasteiger partial charge in [-0.1, -0.05) is 12.1 Å². The molecule has 3 rings (SSSR count). The van der Waals surface area contributed by atoms with E-state index in [2.05, 4.69) is 9.71 Å². The van der Waals surface area contributed by atoms with E-state index in [1.54, 1.807) is 6.92 Å². The first-order valence-corrected chi connectivity index (χ1v) is 11.9. The SMILES string of the molecule is CCOC(=O)c1cnc(NS(=O)(=O)c2ccccc2S(=O)(=O)N2CCCC2)n1C. The third kappa shape index (κ3) is 4.14. The molecule has 29 heavy (non-hydrogen) atoms. The number of nitrogens with zero attached hydrogens (tertiary/aromatic N) is 3. The van der Waals surface area contributed by atoms with Gasteiger partial charge in [-0.25, -0.2) is 31.3 Å². The lowest BCUT2D eigenvalue weighted by atomic mass is 10.4. The van der Waals surface area contributed by atoms with Crippen LogP contribution in [0, 0.1) is 0 Å². The van der Waals surface area contributed by atoms with Gasteiger partial charge in [0.25, 0.3) is 10.0 Å². The fourth-order valence-corrected chi connectivity index (χ4v) is 6.39. The Morgan fingerprint density at radius 2 is 1.76 bits per heavy atom. The van der Waals surface area contributed by atoms with Gasteiger partial charge in [0.1, 0.15) is 15.5 Å². The molecule has 1 fully saturated rings. The largest absolute Gasteiger partial charge is 0.461 e. The molecule has 0 amide bonds. The molecule has 1 aromatic heterocycles. The van der Waals surface area contributed by atoms with Gasteiger partial charge >= 0.3 is 5.97 Å². The Balaban J connectivity index is 1.97. The number of hydrogen-bond acceptors (Lipinski definition) is 7. The first-order valence-electron chi connectivity index (χ1n) is 8.99. The Bertz CT molecular complexity index is 1120. The quantitative estimate of drug-likeness (QED) is 0.638. The molecule has 12 heteroatoms. The average molecular weight is 443 g/mol. The van der Waals surface area contributed by atoms with E-state index in [1.807, 2.05) is 0 Å². The molecule has 0 radical (unpaired) electrons. The maximum Gasteiger partial charge on any atom is 0.356 e. The highest BCUT2D eigenvalue weighted by molar-refractivity contribution is 7.94. The summed E-state index contributed by atoms with van der Waals surface area (Å²) in [5.41, 5.74) is 0.0579. The van der Waals surface area contributed by atoms with Gasteiger partial charge in [0, 0.05) is 20.1 Å². The molecule has 0 aliphatic carbocycles. The zero-order valence-corrected chi connectivity index (χ0v) is 17.7. The molecule has 0 bridgehead atoms. The zero-order valence-electron chi connectivity index (χ0n) is 16.0. The summed E-state index contributed by atoms with van der Waals surface area (Å²) in [5.74, 6) is -0.786.